The van der Waals surface area contributed by atoms with E-state index in [2.05, 4.69) is 5.32 Å². The van der Waals surface area contributed by atoms with Gasteiger partial charge in [-0.25, -0.2) is 13.2 Å². The Bertz CT molecular complexity index is 610. The van der Waals surface area contributed by atoms with Crippen LogP contribution in [0.25, 0.3) is 0 Å². The molecule has 1 aromatic carbocycles. The molecule has 0 bridgehead atoms. The minimum absolute atomic E-state index is 0.0653. The monoisotopic (exact) mass is 330 g/mol. The molecule has 2 atom stereocenters. The summed E-state index contributed by atoms with van der Waals surface area (Å²) in [5.41, 5.74) is -0.614. The maximum atomic E-state index is 13.4. The van der Waals surface area contributed by atoms with E-state index < -0.39 is 41.1 Å². The van der Waals surface area contributed by atoms with Gasteiger partial charge in [0.1, 0.15) is 0 Å². The van der Waals surface area contributed by atoms with Crippen molar-refractivity contribution in [1.82, 2.24) is 5.32 Å². The Morgan fingerprint density at radius 2 is 1.87 bits per heavy atom. The Morgan fingerprint density at radius 3 is 2.57 bits per heavy atom. The Kier molecular flexibility index (Phi) is 5.59. The lowest BCUT2D eigenvalue weighted by molar-refractivity contribution is -0.136. The molecule has 0 saturated heterocycles. The summed E-state index contributed by atoms with van der Waals surface area (Å²) in [7, 11) is 0. The number of aliphatic hydroxyl groups is 1. The molecule has 0 heterocycles. The van der Waals surface area contributed by atoms with Gasteiger partial charge >= 0.3 is 11.8 Å². The number of hydrogen-bond donors (Lipinski definition) is 3. The van der Waals surface area contributed by atoms with Crippen molar-refractivity contribution in [3.8, 4) is 0 Å². The van der Waals surface area contributed by atoms with Gasteiger partial charge in [0.25, 0.3) is 0 Å². The van der Waals surface area contributed by atoms with Crippen molar-refractivity contribution < 1.29 is 27.9 Å². The standard InChI is InChI=1S/C15H17F3N2O3/c16-10-4-5-11(13(18)12(10)17)20-15(23)14(22)19-7-8-2-1-3-9(21)6-8/h4-5,8-9,21H,1-3,6-7H2,(H,19,22)(H,20,23). The third-order valence-electron chi connectivity index (χ3n) is 3.80. The van der Waals surface area contributed by atoms with Crippen molar-refractivity contribution in [2.75, 3.05) is 11.9 Å². The van der Waals surface area contributed by atoms with E-state index in [-0.39, 0.29) is 12.5 Å². The molecule has 0 radical (unpaired) electrons. The fourth-order valence-electron chi connectivity index (χ4n) is 2.57. The van der Waals surface area contributed by atoms with Crippen LogP contribution in [0.2, 0.25) is 0 Å². The number of amides is 2. The van der Waals surface area contributed by atoms with Crippen molar-refractivity contribution in [3.63, 3.8) is 0 Å². The molecule has 23 heavy (non-hydrogen) atoms. The van der Waals surface area contributed by atoms with E-state index in [9.17, 15) is 27.9 Å². The molecule has 0 spiro atoms. The fourth-order valence-corrected chi connectivity index (χ4v) is 2.57. The van der Waals surface area contributed by atoms with Crippen LogP contribution in [-0.2, 0) is 9.59 Å². The molecule has 1 aliphatic carbocycles. The lowest BCUT2D eigenvalue weighted by atomic mass is 9.87. The van der Waals surface area contributed by atoms with Crippen LogP contribution in [-0.4, -0.2) is 29.6 Å². The van der Waals surface area contributed by atoms with Crippen LogP contribution in [0.3, 0.4) is 0 Å². The van der Waals surface area contributed by atoms with E-state index in [1.165, 1.54) is 0 Å². The predicted molar refractivity (Wildman–Crippen MR) is 75.9 cm³/mol. The second-order valence-electron chi connectivity index (χ2n) is 5.57. The second kappa shape index (κ2) is 7.45. The van der Waals surface area contributed by atoms with Crippen LogP contribution in [0.15, 0.2) is 12.1 Å². The Labute approximate surface area is 130 Å². The van der Waals surface area contributed by atoms with Crippen LogP contribution < -0.4 is 10.6 Å². The molecule has 0 aromatic heterocycles. The van der Waals surface area contributed by atoms with Gasteiger partial charge in [0.2, 0.25) is 0 Å². The zero-order valence-electron chi connectivity index (χ0n) is 12.2. The fraction of sp³-hybridized carbons (Fsp3) is 0.467. The van der Waals surface area contributed by atoms with Crippen LogP contribution in [0.5, 0.6) is 0 Å². The van der Waals surface area contributed by atoms with Crippen molar-refractivity contribution in [2.24, 2.45) is 5.92 Å². The van der Waals surface area contributed by atoms with E-state index >= 15 is 0 Å². The summed E-state index contributed by atoms with van der Waals surface area (Å²) < 4.78 is 39.2. The summed E-state index contributed by atoms with van der Waals surface area (Å²) in [6.07, 6.45) is 2.53. The van der Waals surface area contributed by atoms with E-state index in [0.29, 0.717) is 12.5 Å². The van der Waals surface area contributed by atoms with E-state index in [0.717, 1.165) is 25.3 Å². The first-order valence-corrected chi connectivity index (χ1v) is 7.29. The topological polar surface area (TPSA) is 78.4 Å². The highest BCUT2D eigenvalue weighted by atomic mass is 19.2. The summed E-state index contributed by atoms with van der Waals surface area (Å²) in [6.45, 7) is 0.212. The normalized spacial score (nSPS) is 20.9. The molecule has 126 valence electrons. The maximum absolute atomic E-state index is 13.4. The Morgan fingerprint density at radius 1 is 1.13 bits per heavy atom. The quantitative estimate of drug-likeness (QED) is 0.583. The van der Waals surface area contributed by atoms with Crippen LogP contribution in [0.4, 0.5) is 18.9 Å². The second-order valence-corrected chi connectivity index (χ2v) is 5.57. The molecule has 8 heteroatoms. The average Bonchev–Trinajstić information content (AvgIpc) is 2.53. The smallest absolute Gasteiger partial charge is 0.313 e. The third kappa shape index (κ3) is 4.44. The van der Waals surface area contributed by atoms with Gasteiger partial charge in [-0.1, -0.05) is 6.42 Å². The molecule has 1 fully saturated rings. The predicted octanol–water partition coefficient (Wildman–Crippen LogP) is 1.71. The van der Waals surface area contributed by atoms with Crippen LogP contribution in [0, 0.1) is 23.4 Å². The molecule has 5 nitrogen and oxygen atoms in total. The molecule has 2 unspecified atom stereocenters. The van der Waals surface area contributed by atoms with E-state index in [1.807, 2.05) is 5.32 Å². The van der Waals surface area contributed by atoms with Gasteiger partial charge in [0.05, 0.1) is 11.8 Å². The van der Waals surface area contributed by atoms with Crippen molar-refractivity contribution in [3.05, 3.63) is 29.6 Å². The van der Waals surface area contributed by atoms with Gasteiger partial charge in [-0.2, -0.15) is 0 Å². The van der Waals surface area contributed by atoms with Gasteiger partial charge in [-0.3, -0.25) is 9.59 Å². The van der Waals surface area contributed by atoms with Gasteiger partial charge < -0.3 is 15.7 Å². The lowest BCUT2D eigenvalue weighted by Gasteiger charge is -2.25. The number of hydrogen-bond acceptors (Lipinski definition) is 3. The molecule has 2 rings (SSSR count). The van der Waals surface area contributed by atoms with Crippen molar-refractivity contribution in [1.29, 1.82) is 0 Å². The number of anilines is 1. The summed E-state index contributed by atoms with van der Waals surface area (Å²) in [4.78, 5) is 23.3. The minimum atomic E-state index is -1.72. The van der Waals surface area contributed by atoms with Gasteiger partial charge in [0.15, 0.2) is 17.5 Å². The SMILES string of the molecule is O=C(NCC1CCCC(O)C1)C(=O)Nc1ccc(F)c(F)c1F. The molecule has 1 aliphatic rings. The largest absolute Gasteiger partial charge is 0.393 e. The van der Waals surface area contributed by atoms with Crippen molar-refractivity contribution >= 4 is 17.5 Å². The number of carbonyl (C=O) groups is 2. The Hall–Kier alpha value is -2.09. The highest BCUT2D eigenvalue weighted by Gasteiger charge is 2.23. The Balaban J connectivity index is 1.88. The molecule has 1 aromatic rings. The number of carbonyl (C=O) groups excluding carboxylic acids is 2. The number of benzene rings is 1. The first kappa shape index (κ1) is 17.3. The molecule has 1 saturated carbocycles. The molecule has 2 amide bonds. The van der Waals surface area contributed by atoms with E-state index in [4.69, 9.17) is 0 Å². The highest BCUT2D eigenvalue weighted by Crippen LogP contribution is 2.23. The zero-order valence-corrected chi connectivity index (χ0v) is 12.2. The van der Waals surface area contributed by atoms with Crippen LogP contribution in [0.1, 0.15) is 25.7 Å². The molecular formula is C15H17F3N2O3. The summed E-state index contributed by atoms with van der Waals surface area (Å²) in [6, 6.07) is 1.48. The first-order valence-electron chi connectivity index (χ1n) is 7.29. The molecule has 3 N–H and O–H groups in total. The third-order valence-corrected chi connectivity index (χ3v) is 3.80. The van der Waals surface area contributed by atoms with Crippen LogP contribution >= 0.6 is 0 Å². The van der Waals surface area contributed by atoms with Gasteiger partial charge in [-0.15, -0.1) is 0 Å². The number of rotatable bonds is 3. The number of halogens is 3. The maximum Gasteiger partial charge on any atom is 0.313 e. The molecule has 0 aliphatic heterocycles. The van der Waals surface area contributed by atoms with Crippen molar-refractivity contribution in [2.45, 2.75) is 31.8 Å². The zero-order chi connectivity index (χ0) is 17.0. The summed E-state index contributed by atoms with van der Waals surface area (Å²) in [5, 5.41) is 13.8. The minimum Gasteiger partial charge on any atom is -0.393 e. The van der Waals surface area contributed by atoms with Gasteiger partial charge in [0, 0.05) is 6.54 Å². The number of nitrogens with one attached hydrogen (secondary N) is 2. The number of aliphatic hydroxyl groups excluding tert-OH is 1. The van der Waals surface area contributed by atoms with Gasteiger partial charge in [-0.05, 0) is 37.3 Å². The molecular weight excluding hydrogens is 313 g/mol. The summed E-state index contributed by atoms with van der Waals surface area (Å²) >= 11 is 0. The lowest BCUT2D eigenvalue weighted by Crippen LogP contribution is -2.39. The average molecular weight is 330 g/mol. The summed E-state index contributed by atoms with van der Waals surface area (Å²) in [5.74, 6) is -6.79. The van der Waals surface area contributed by atoms with E-state index in [1.54, 1.807) is 0 Å². The first-order chi connectivity index (χ1) is 10.9. The highest BCUT2D eigenvalue weighted by molar-refractivity contribution is 6.39.